The molecule has 0 unspecified atom stereocenters. The van der Waals surface area contributed by atoms with Crippen LogP contribution in [0.2, 0.25) is 0 Å². The summed E-state index contributed by atoms with van der Waals surface area (Å²) in [6, 6.07) is 11.3. The third-order valence-electron chi connectivity index (χ3n) is 2.43. The van der Waals surface area contributed by atoms with Gasteiger partial charge in [0.2, 0.25) is 0 Å². The second-order valence-corrected chi connectivity index (χ2v) is 4.36. The first-order valence-electron chi connectivity index (χ1n) is 5.00. The quantitative estimate of drug-likeness (QED) is 0.924. The highest BCUT2D eigenvalue weighted by Gasteiger charge is 2.03. The maximum absolute atomic E-state index is 9.08. The maximum Gasteiger partial charge on any atom is 0.141 e. The molecule has 0 aliphatic heterocycles. The van der Waals surface area contributed by atoms with Crippen molar-refractivity contribution in [1.29, 1.82) is 5.26 Å². The molecule has 0 bridgehead atoms. The zero-order valence-corrected chi connectivity index (χ0v) is 10.5. The highest BCUT2D eigenvalue weighted by atomic mass is 79.9. The Hall–Kier alpha value is -1.70. The van der Waals surface area contributed by atoms with Crippen LogP contribution in [0.4, 0.5) is 0 Å². The van der Waals surface area contributed by atoms with Crippen molar-refractivity contribution in [3.05, 3.63) is 52.3 Å². The number of nitrogens with zero attached hydrogens (tertiary/aromatic N) is 2. The molecule has 1 N–H and O–H groups in total. The Morgan fingerprint density at radius 1 is 1.24 bits per heavy atom. The van der Waals surface area contributed by atoms with E-state index in [0.717, 1.165) is 21.2 Å². The molecule has 0 radical (unpaired) electrons. The molecule has 0 spiro atoms. The molecule has 1 aromatic carbocycles. The number of aromatic nitrogens is 1. The first kappa shape index (κ1) is 11.8. The van der Waals surface area contributed by atoms with Gasteiger partial charge in [0.05, 0.1) is 6.61 Å². The van der Waals surface area contributed by atoms with Gasteiger partial charge in [-0.25, -0.2) is 4.98 Å². The van der Waals surface area contributed by atoms with Crippen LogP contribution in [-0.2, 0) is 6.61 Å². The molecule has 0 aliphatic rings. The molecule has 0 aliphatic carbocycles. The summed E-state index contributed by atoms with van der Waals surface area (Å²) in [6.45, 7) is 0.000649. The van der Waals surface area contributed by atoms with Gasteiger partial charge in [-0.2, -0.15) is 5.26 Å². The second-order valence-electron chi connectivity index (χ2n) is 3.51. The predicted molar refractivity (Wildman–Crippen MR) is 68.0 cm³/mol. The van der Waals surface area contributed by atoms with Crippen LogP contribution in [0.3, 0.4) is 0 Å². The topological polar surface area (TPSA) is 56.9 Å². The molecule has 17 heavy (non-hydrogen) atoms. The summed E-state index contributed by atoms with van der Waals surface area (Å²) in [5.74, 6) is 0. The summed E-state index contributed by atoms with van der Waals surface area (Å²) in [4.78, 5) is 3.93. The van der Waals surface area contributed by atoms with Gasteiger partial charge in [0, 0.05) is 10.7 Å². The summed E-state index contributed by atoms with van der Waals surface area (Å²) in [5, 5.41) is 17.9. The first-order chi connectivity index (χ1) is 8.24. The van der Waals surface area contributed by atoms with Gasteiger partial charge in [-0.05, 0) is 34.9 Å². The van der Waals surface area contributed by atoms with Gasteiger partial charge in [0.15, 0.2) is 0 Å². The van der Waals surface area contributed by atoms with E-state index in [1.165, 1.54) is 0 Å². The predicted octanol–water partition coefficient (Wildman–Crippen LogP) is 2.88. The molecule has 0 atom stereocenters. The fourth-order valence-corrected chi connectivity index (χ4v) is 2.03. The van der Waals surface area contributed by atoms with Crippen LogP contribution < -0.4 is 0 Å². The van der Waals surface area contributed by atoms with Crippen LogP contribution in [-0.4, -0.2) is 10.1 Å². The van der Waals surface area contributed by atoms with E-state index in [1.54, 1.807) is 12.3 Å². The lowest BCUT2D eigenvalue weighted by Crippen LogP contribution is -1.88. The number of aliphatic hydroxyl groups is 1. The van der Waals surface area contributed by atoms with E-state index < -0.39 is 0 Å². The summed E-state index contributed by atoms with van der Waals surface area (Å²) < 4.78 is 0.854. The van der Waals surface area contributed by atoms with E-state index in [0.29, 0.717) is 5.69 Å². The summed E-state index contributed by atoms with van der Waals surface area (Å²) in [7, 11) is 0. The van der Waals surface area contributed by atoms with Crippen molar-refractivity contribution in [2.75, 3.05) is 0 Å². The summed E-state index contributed by atoms with van der Waals surface area (Å²) >= 11 is 3.40. The van der Waals surface area contributed by atoms with Gasteiger partial charge in [-0.1, -0.05) is 28.1 Å². The molecule has 84 valence electrons. The van der Waals surface area contributed by atoms with Crippen LogP contribution in [0.15, 0.2) is 41.0 Å². The van der Waals surface area contributed by atoms with Crippen molar-refractivity contribution in [1.82, 2.24) is 4.98 Å². The standard InChI is InChI=1S/C13H9BrN2O/c14-13-6-9(1-2-11(13)8-17)10-3-4-16-12(5-10)7-15/h1-6,17H,8H2. The van der Waals surface area contributed by atoms with Crippen LogP contribution in [0.1, 0.15) is 11.3 Å². The zero-order chi connectivity index (χ0) is 12.3. The number of nitriles is 1. The molecular formula is C13H9BrN2O. The fourth-order valence-electron chi connectivity index (χ4n) is 1.53. The zero-order valence-electron chi connectivity index (χ0n) is 8.89. The Balaban J connectivity index is 2.46. The monoisotopic (exact) mass is 288 g/mol. The van der Waals surface area contributed by atoms with Crippen LogP contribution in [0.5, 0.6) is 0 Å². The average Bonchev–Trinajstić information content (AvgIpc) is 2.38. The van der Waals surface area contributed by atoms with E-state index in [2.05, 4.69) is 20.9 Å². The van der Waals surface area contributed by atoms with Gasteiger partial charge in [-0.3, -0.25) is 0 Å². The minimum atomic E-state index is 0.000649. The smallest absolute Gasteiger partial charge is 0.141 e. The number of aliphatic hydroxyl groups excluding tert-OH is 1. The third-order valence-corrected chi connectivity index (χ3v) is 3.17. The molecule has 4 heteroatoms. The highest BCUT2D eigenvalue weighted by Crippen LogP contribution is 2.26. The second kappa shape index (κ2) is 5.09. The minimum Gasteiger partial charge on any atom is -0.392 e. The molecule has 2 rings (SSSR count). The molecule has 3 nitrogen and oxygen atoms in total. The fraction of sp³-hybridized carbons (Fsp3) is 0.0769. The molecule has 0 saturated carbocycles. The van der Waals surface area contributed by atoms with E-state index in [-0.39, 0.29) is 6.61 Å². The maximum atomic E-state index is 9.08. The van der Waals surface area contributed by atoms with E-state index in [9.17, 15) is 0 Å². The lowest BCUT2D eigenvalue weighted by Gasteiger charge is -2.05. The Morgan fingerprint density at radius 3 is 2.65 bits per heavy atom. The Morgan fingerprint density at radius 2 is 2.00 bits per heavy atom. The van der Waals surface area contributed by atoms with Crippen LogP contribution in [0.25, 0.3) is 11.1 Å². The molecule has 2 aromatic rings. The normalized spacial score (nSPS) is 9.94. The number of pyridine rings is 1. The highest BCUT2D eigenvalue weighted by molar-refractivity contribution is 9.10. The SMILES string of the molecule is N#Cc1cc(-c2ccc(CO)c(Br)c2)ccn1. The largest absolute Gasteiger partial charge is 0.392 e. The van der Waals surface area contributed by atoms with Gasteiger partial charge < -0.3 is 5.11 Å². The Labute approximate surface area is 107 Å². The summed E-state index contributed by atoms with van der Waals surface area (Å²) in [5.41, 5.74) is 3.14. The van der Waals surface area contributed by atoms with Gasteiger partial charge >= 0.3 is 0 Å². The van der Waals surface area contributed by atoms with E-state index in [1.807, 2.05) is 30.3 Å². The molecule has 1 heterocycles. The van der Waals surface area contributed by atoms with Crippen molar-refractivity contribution in [2.45, 2.75) is 6.61 Å². The first-order valence-corrected chi connectivity index (χ1v) is 5.79. The van der Waals surface area contributed by atoms with Crippen molar-refractivity contribution in [3.63, 3.8) is 0 Å². The van der Waals surface area contributed by atoms with Crippen LogP contribution in [0, 0.1) is 11.3 Å². The molecule has 0 fully saturated rings. The summed E-state index contributed by atoms with van der Waals surface area (Å²) in [6.07, 6.45) is 1.61. The van der Waals surface area contributed by atoms with E-state index >= 15 is 0 Å². The van der Waals surface area contributed by atoms with Crippen LogP contribution >= 0.6 is 15.9 Å². The van der Waals surface area contributed by atoms with Gasteiger partial charge in [0.1, 0.15) is 11.8 Å². The molecule has 0 saturated heterocycles. The number of halogens is 1. The van der Waals surface area contributed by atoms with Gasteiger partial charge in [0.25, 0.3) is 0 Å². The number of rotatable bonds is 2. The Kier molecular flexibility index (Phi) is 3.52. The molecule has 0 amide bonds. The third kappa shape index (κ3) is 2.52. The number of hydrogen-bond donors (Lipinski definition) is 1. The minimum absolute atomic E-state index is 0.000649. The van der Waals surface area contributed by atoms with Gasteiger partial charge in [-0.15, -0.1) is 0 Å². The molecular weight excluding hydrogens is 280 g/mol. The number of benzene rings is 1. The van der Waals surface area contributed by atoms with Crippen molar-refractivity contribution in [3.8, 4) is 17.2 Å². The van der Waals surface area contributed by atoms with Crippen molar-refractivity contribution < 1.29 is 5.11 Å². The van der Waals surface area contributed by atoms with Crippen molar-refractivity contribution in [2.24, 2.45) is 0 Å². The number of hydrogen-bond acceptors (Lipinski definition) is 3. The average molecular weight is 289 g/mol. The lowest BCUT2D eigenvalue weighted by molar-refractivity contribution is 0.281. The lowest BCUT2D eigenvalue weighted by atomic mass is 10.0. The molecule has 1 aromatic heterocycles. The Bertz CT molecular complexity index is 590. The van der Waals surface area contributed by atoms with Crippen molar-refractivity contribution >= 4 is 15.9 Å². The van der Waals surface area contributed by atoms with E-state index in [4.69, 9.17) is 10.4 Å².